The van der Waals surface area contributed by atoms with E-state index < -0.39 is 12.3 Å². The summed E-state index contributed by atoms with van der Waals surface area (Å²) in [6.45, 7) is 3.96. The molecule has 48 heavy (non-hydrogen) atoms. The number of hydrogen-bond acceptors (Lipinski definition) is 9. The molecule has 1 amide bonds. The molecule has 5 rings (SSSR count). The molecule has 12 heteroatoms. The van der Waals surface area contributed by atoms with Crippen LogP contribution in [0.15, 0.2) is 72.8 Å². The van der Waals surface area contributed by atoms with Crippen LogP contribution in [0, 0.1) is 10.1 Å². The zero-order valence-corrected chi connectivity index (χ0v) is 27.0. The molecule has 2 heterocycles. The van der Waals surface area contributed by atoms with Crippen LogP contribution in [0.2, 0.25) is 0 Å². The molecular weight excluding hydrogens is 616 g/mol. The van der Waals surface area contributed by atoms with Crippen molar-refractivity contribution in [2.45, 2.75) is 70.1 Å². The Kier molecular flexibility index (Phi) is 12.5. The topological polar surface area (TPSA) is 155 Å². The number of nitro benzene ring substituents is 1. The molecule has 2 aliphatic heterocycles. The van der Waals surface area contributed by atoms with Gasteiger partial charge >= 0.3 is 5.97 Å². The molecule has 2 aliphatic rings. The van der Waals surface area contributed by atoms with Gasteiger partial charge in [-0.05, 0) is 48.2 Å². The highest BCUT2D eigenvalue weighted by Crippen LogP contribution is 2.38. The largest absolute Gasteiger partial charge is 0.481 e. The van der Waals surface area contributed by atoms with Crippen LogP contribution in [0.25, 0.3) is 0 Å². The molecule has 3 aromatic rings. The molecule has 3 N–H and O–H groups in total. The Hall–Kier alpha value is -4.36. The highest BCUT2D eigenvalue weighted by molar-refractivity contribution is 5.90. The number of carbonyl (C=O) groups is 2. The van der Waals surface area contributed by atoms with Crippen LogP contribution in [-0.4, -0.2) is 70.7 Å². The number of carboxylic acids is 1. The summed E-state index contributed by atoms with van der Waals surface area (Å²) in [4.78, 5) is 38.4. The van der Waals surface area contributed by atoms with E-state index in [0.717, 1.165) is 67.9 Å². The van der Waals surface area contributed by atoms with Crippen LogP contribution < -0.4 is 10.2 Å². The summed E-state index contributed by atoms with van der Waals surface area (Å²) in [6, 6.07) is 22.0. The Morgan fingerprint density at radius 2 is 1.48 bits per heavy atom. The number of anilines is 2. The number of unbranched alkanes of at least 4 members (excludes halogenated alkanes) is 3. The van der Waals surface area contributed by atoms with E-state index in [0.29, 0.717) is 31.4 Å². The van der Waals surface area contributed by atoms with E-state index in [1.165, 1.54) is 0 Å². The lowest BCUT2D eigenvalue weighted by molar-refractivity contribution is -0.384. The number of non-ortho nitro benzene ring substituents is 1. The minimum Gasteiger partial charge on any atom is -0.481 e. The van der Waals surface area contributed by atoms with Gasteiger partial charge < -0.3 is 29.9 Å². The molecule has 256 valence electrons. The zero-order valence-electron chi connectivity index (χ0n) is 27.0. The smallest absolute Gasteiger partial charge is 0.303 e. The van der Waals surface area contributed by atoms with E-state index in [2.05, 4.69) is 15.1 Å². The molecule has 0 aromatic heterocycles. The average Bonchev–Trinajstić information content (AvgIpc) is 3.10. The number of aliphatic hydroxyl groups is 1. The van der Waals surface area contributed by atoms with Crippen molar-refractivity contribution in [3.63, 3.8) is 0 Å². The normalized spacial score (nSPS) is 19.9. The van der Waals surface area contributed by atoms with E-state index >= 15 is 0 Å². The number of nitro groups is 1. The van der Waals surface area contributed by atoms with Crippen molar-refractivity contribution >= 4 is 28.9 Å². The van der Waals surface area contributed by atoms with Crippen molar-refractivity contribution in [1.29, 1.82) is 0 Å². The summed E-state index contributed by atoms with van der Waals surface area (Å²) in [7, 11) is 0. The first-order valence-corrected chi connectivity index (χ1v) is 16.6. The molecule has 3 aromatic carbocycles. The van der Waals surface area contributed by atoms with Gasteiger partial charge in [0.25, 0.3) is 5.69 Å². The first-order chi connectivity index (χ1) is 23.3. The number of nitrogens with zero attached hydrogens (tertiary/aromatic N) is 3. The predicted molar refractivity (Wildman–Crippen MR) is 181 cm³/mol. The monoisotopic (exact) mass is 660 g/mol. The van der Waals surface area contributed by atoms with Crippen LogP contribution in [0.3, 0.4) is 0 Å². The summed E-state index contributed by atoms with van der Waals surface area (Å²) in [6.07, 6.45) is 3.23. The number of carbonyl (C=O) groups excluding carboxylic acids is 1. The minimum absolute atomic E-state index is 0.0261. The first kappa shape index (κ1) is 35.0. The molecule has 0 unspecified atom stereocenters. The molecule has 12 nitrogen and oxygen atoms in total. The van der Waals surface area contributed by atoms with Gasteiger partial charge in [-0.3, -0.25) is 24.6 Å². The molecule has 0 aliphatic carbocycles. The fourth-order valence-corrected chi connectivity index (χ4v) is 6.16. The van der Waals surface area contributed by atoms with Gasteiger partial charge in [-0.15, -0.1) is 0 Å². The Morgan fingerprint density at radius 1 is 0.833 bits per heavy atom. The number of amides is 1. The van der Waals surface area contributed by atoms with E-state index in [4.69, 9.17) is 14.6 Å². The van der Waals surface area contributed by atoms with Crippen LogP contribution in [-0.2, 0) is 25.7 Å². The molecule has 0 spiro atoms. The Labute approximate surface area is 280 Å². The number of hydrogen-bond donors (Lipinski definition) is 3. The minimum atomic E-state index is -0.792. The maximum atomic E-state index is 12.5. The van der Waals surface area contributed by atoms with Gasteiger partial charge in [0, 0.05) is 81.1 Å². The van der Waals surface area contributed by atoms with Crippen LogP contribution in [0.5, 0.6) is 0 Å². The molecule has 2 saturated heterocycles. The van der Waals surface area contributed by atoms with Gasteiger partial charge in [-0.25, -0.2) is 0 Å². The lowest BCUT2D eigenvalue weighted by Gasteiger charge is -2.41. The third-order valence-electron chi connectivity index (χ3n) is 8.89. The van der Waals surface area contributed by atoms with Gasteiger partial charge in [-0.2, -0.15) is 0 Å². The predicted octanol–water partition coefficient (Wildman–Crippen LogP) is 5.82. The fourth-order valence-electron chi connectivity index (χ4n) is 6.16. The summed E-state index contributed by atoms with van der Waals surface area (Å²) >= 11 is 0. The van der Waals surface area contributed by atoms with Gasteiger partial charge in [-0.1, -0.05) is 49.2 Å². The summed E-state index contributed by atoms with van der Waals surface area (Å²) in [5, 5.41) is 32.2. The Morgan fingerprint density at radius 3 is 2.10 bits per heavy atom. The SMILES string of the molecule is O=C(O)CCCCCCC(=O)Nc1ccc([C@H]2O[C@@H](CN3CCN(c4ccc([N+](=O)[O-])cc4)CC3)C[C@@H](c3ccc(CO)cc3)O2)cc1. The second-order valence-corrected chi connectivity index (χ2v) is 12.4. The standard InChI is InChI=1S/C36H44N4O8/c41-25-26-7-9-27(10-8-26)33-23-32(24-38-19-21-39(22-20-38)30-15-17-31(18-16-30)40(45)46)47-36(48-33)28-11-13-29(14-12-28)37-34(42)5-3-1-2-4-6-35(43)44/h7-18,32-33,36,41H,1-6,19-25H2,(H,37,42)(H,43,44)/t32-,33+,36+/m1/s1. The number of nitrogens with one attached hydrogen (secondary N) is 1. The van der Waals surface area contributed by atoms with E-state index in [9.17, 15) is 24.8 Å². The van der Waals surface area contributed by atoms with Gasteiger partial charge in [0.2, 0.25) is 5.91 Å². The van der Waals surface area contributed by atoms with Crippen LogP contribution in [0.1, 0.15) is 74.0 Å². The Balaban J connectivity index is 1.18. The molecule has 3 atom stereocenters. The highest BCUT2D eigenvalue weighted by atomic mass is 16.7. The van der Waals surface area contributed by atoms with Crippen molar-refractivity contribution < 1.29 is 34.2 Å². The maximum absolute atomic E-state index is 12.5. The maximum Gasteiger partial charge on any atom is 0.303 e. The third-order valence-corrected chi connectivity index (χ3v) is 8.89. The molecule has 0 radical (unpaired) electrons. The highest BCUT2D eigenvalue weighted by Gasteiger charge is 2.34. The van der Waals surface area contributed by atoms with Gasteiger partial charge in [0.05, 0.1) is 23.7 Å². The van der Waals surface area contributed by atoms with Crippen molar-refractivity contribution in [3.05, 3.63) is 99.6 Å². The van der Waals surface area contributed by atoms with Crippen molar-refractivity contribution in [1.82, 2.24) is 4.90 Å². The van der Waals surface area contributed by atoms with E-state index in [-0.39, 0.29) is 41.8 Å². The van der Waals surface area contributed by atoms with E-state index in [1.807, 2.05) is 48.5 Å². The van der Waals surface area contributed by atoms with Gasteiger partial charge in [0.15, 0.2) is 6.29 Å². The number of carboxylic acid groups (broad SMARTS) is 1. The van der Waals surface area contributed by atoms with Crippen molar-refractivity contribution in [2.24, 2.45) is 0 Å². The number of ether oxygens (including phenoxy) is 2. The van der Waals surface area contributed by atoms with Crippen molar-refractivity contribution in [2.75, 3.05) is 42.9 Å². The lowest BCUT2D eigenvalue weighted by Crippen LogP contribution is -2.49. The molecule has 0 saturated carbocycles. The van der Waals surface area contributed by atoms with E-state index in [1.54, 1.807) is 24.3 Å². The average molecular weight is 661 g/mol. The Bertz CT molecular complexity index is 1490. The lowest BCUT2D eigenvalue weighted by atomic mass is 9.99. The molecule has 0 bridgehead atoms. The number of aliphatic carboxylic acids is 1. The number of rotatable bonds is 15. The second kappa shape index (κ2) is 17.2. The number of piperazine rings is 1. The number of benzene rings is 3. The fraction of sp³-hybridized carbons (Fsp3) is 0.444. The summed E-state index contributed by atoms with van der Waals surface area (Å²) in [5.41, 5.74) is 4.43. The zero-order chi connectivity index (χ0) is 33.9. The summed E-state index contributed by atoms with van der Waals surface area (Å²) in [5.74, 6) is -0.869. The second-order valence-electron chi connectivity index (χ2n) is 12.4. The van der Waals surface area contributed by atoms with Gasteiger partial charge in [0.1, 0.15) is 0 Å². The van der Waals surface area contributed by atoms with Crippen LogP contribution >= 0.6 is 0 Å². The summed E-state index contributed by atoms with van der Waals surface area (Å²) < 4.78 is 13.0. The third kappa shape index (κ3) is 10.1. The molecule has 2 fully saturated rings. The van der Waals surface area contributed by atoms with Crippen molar-refractivity contribution in [3.8, 4) is 0 Å². The van der Waals surface area contributed by atoms with Crippen LogP contribution in [0.4, 0.5) is 17.1 Å². The number of aliphatic hydroxyl groups excluding tert-OH is 1. The first-order valence-electron chi connectivity index (χ1n) is 16.6. The quantitative estimate of drug-likeness (QED) is 0.103. The molecular formula is C36H44N4O8.